The van der Waals surface area contributed by atoms with Gasteiger partial charge >= 0.3 is 6.09 Å². The van der Waals surface area contributed by atoms with E-state index in [0.717, 1.165) is 12.8 Å². The molecule has 11 heteroatoms. The van der Waals surface area contributed by atoms with Crippen molar-refractivity contribution in [1.29, 1.82) is 0 Å². The number of aromatic nitrogens is 2. The van der Waals surface area contributed by atoms with E-state index < -0.39 is 23.6 Å². The van der Waals surface area contributed by atoms with Gasteiger partial charge in [-0.2, -0.15) is 0 Å². The molecule has 0 unspecified atom stereocenters. The number of carbonyl (C=O) groups excluding carboxylic acids is 4. The van der Waals surface area contributed by atoms with Gasteiger partial charge < -0.3 is 19.1 Å². The summed E-state index contributed by atoms with van der Waals surface area (Å²) in [5.41, 5.74) is 1.16. The molecule has 49 heavy (non-hydrogen) atoms. The Balaban J connectivity index is 1.23. The molecule has 4 heterocycles. The maximum Gasteiger partial charge on any atom is 0.410 e. The number of piperidine rings is 1. The summed E-state index contributed by atoms with van der Waals surface area (Å²) in [5.74, 6) is -0.763. The van der Waals surface area contributed by atoms with Gasteiger partial charge in [0.25, 0.3) is 5.91 Å². The molecule has 3 aromatic rings. The van der Waals surface area contributed by atoms with Crippen LogP contribution in [0.2, 0.25) is 0 Å². The molecule has 2 aromatic heterocycles. The number of hydrogen-bond acceptors (Lipinski definition) is 6. The van der Waals surface area contributed by atoms with Crippen LogP contribution < -0.4 is 0 Å². The Labute approximate surface area is 287 Å². The van der Waals surface area contributed by atoms with Gasteiger partial charge in [-0.3, -0.25) is 24.3 Å². The van der Waals surface area contributed by atoms with E-state index in [9.17, 15) is 23.6 Å². The first-order valence-corrected chi connectivity index (χ1v) is 17.6. The monoisotopic (exact) mass is 673 g/mol. The second-order valence-corrected chi connectivity index (χ2v) is 15.4. The van der Waals surface area contributed by atoms with Crippen LogP contribution >= 0.6 is 0 Å². The lowest BCUT2D eigenvalue weighted by atomic mass is 9.72. The third-order valence-corrected chi connectivity index (χ3v) is 10.4. The Kier molecular flexibility index (Phi) is 9.32. The van der Waals surface area contributed by atoms with Crippen molar-refractivity contribution < 1.29 is 28.3 Å². The zero-order valence-corrected chi connectivity index (χ0v) is 29.6. The number of likely N-dealkylation sites (tertiary alicyclic amines) is 2. The maximum atomic E-state index is 14.6. The Bertz CT molecular complexity index is 1760. The number of hydrogen-bond donors (Lipinski definition) is 0. The SMILES string of the molecule is CC(C)N(C(=O)c1cc(F)ccc1-n1cc(C(=O)C2CCN(C(=O)[C@@H]3[C@H]4CC[C@H]4CN3C(=O)OC(C)(C)C)CC2)c2ccncc21)C(C)C. The highest BCUT2D eigenvalue weighted by atomic mass is 19.1. The molecule has 3 fully saturated rings. The average Bonchev–Trinajstić information content (AvgIpc) is 3.53. The fourth-order valence-corrected chi connectivity index (χ4v) is 7.99. The summed E-state index contributed by atoms with van der Waals surface area (Å²) in [6.07, 6.45) is 7.49. The maximum absolute atomic E-state index is 14.6. The summed E-state index contributed by atoms with van der Waals surface area (Å²) in [6, 6.07) is 5.20. The standard InChI is InChI=1S/C38H48FN5O5/c1-22(2)44(23(3)4)35(46)29-18-26(39)9-11-31(29)42-21-30(28-12-15-40-19-32(28)42)34(45)24-13-16-41(17-14-24)36(47)33-27-10-8-25(27)20-43(33)37(48)49-38(5,6)7/h9,11-12,15,18-19,21-25,27,33H,8,10,13-14,16-17,20H2,1-7H3/t25-,27-,33-/m0/s1. The van der Waals surface area contributed by atoms with E-state index in [4.69, 9.17) is 4.74 Å². The number of Topliss-reactive ketones (excluding diaryl/α,β-unsaturated/α-hetero) is 1. The molecule has 1 saturated carbocycles. The van der Waals surface area contributed by atoms with Crippen LogP contribution in [0.5, 0.6) is 0 Å². The van der Waals surface area contributed by atoms with Gasteiger partial charge in [0.15, 0.2) is 5.78 Å². The third kappa shape index (κ3) is 6.56. The Morgan fingerprint density at radius 1 is 0.959 bits per heavy atom. The number of ketones is 1. The molecule has 3 atom stereocenters. The van der Waals surface area contributed by atoms with Crippen LogP contribution in [-0.2, 0) is 9.53 Å². The summed E-state index contributed by atoms with van der Waals surface area (Å²) in [5, 5.41) is 0.695. The number of fused-ring (bicyclic) bond motifs is 2. The molecule has 0 N–H and O–H groups in total. The molecule has 3 amide bonds. The predicted molar refractivity (Wildman–Crippen MR) is 184 cm³/mol. The number of ether oxygens (including phenoxy) is 1. The summed E-state index contributed by atoms with van der Waals surface area (Å²) >= 11 is 0. The van der Waals surface area contributed by atoms with Crippen molar-refractivity contribution in [3.05, 3.63) is 59.8 Å². The number of amides is 3. The van der Waals surface area contributed by atoms with Gasteiger partial charge in [-0.15, -0.1) is 0 Å². The molecule has 262 valence electrons. The number of nitrogens with zero attached hydrogens (tertiary/aromatic N) is 5. The van der Waals surface area contributed by atoms with Crippen molar-refractivity contribution in [3.8, 4) is 5.69 Å². The van der Waals surface area contributed by atoms with Crippen molar-refractivity contribution in [1.82, 2.24) is 24.3 Å². The van der Waals surface area contributed by atoms with E-state index in [1.54, 1.807) is 45.1 Å². The van der Waals surface area contributed by atoms with Crippen molar-refractivity contribution in [2.24, 2.45) is 17.8 Å². The topological polar surface area (TPSA) is 105 Å². The van der Waals surface area contributed by atoms with Crippen LogP contribution in [0.15, 0.2) is 42.9 Å². The molecule has 1 aromatic carbocycles. The molecule has 0 bridgehead atoms. The number of benzene rings is 1. The molecule has 2 aliphatic heterocycles. The first-order chi connectivity index (χ1) is 23.2. The molecule has 10 nitrogen and oxygen atoms in total. The number of carbonyl (C=O) groups is 4. The Hall–Kier alpha value is -4.28. The fourth-order valence-electron chi connectivity index (χ4n) is 7.99. The van der Waals surface area contributed by atoms with Gasteiger partial charge in [0, 0.05) is 61.0 Å². The summed E-state index contributed by atoms with van der Waals surface area (Å²) in [6.45, 7) is 14.6. The molecule has 2 saturated heterocycles. The van der Waals surface area contributed by atoms with E-state index in [-0.39, 0.29) is 47.1 Å². The van der Waals surface area contributed by atoms with Gasteiger partial charge in [-0.05, 0) is 110 Å². The highest BCUT2D eigenvalue weighted by molar-refractivity contribution is 6.10. The molecule has 6 rings (SSSR count). The average molecular weight is 674 g/mol. The van der Waals surface area contributed by atoms with E-state index in [0.29, 0.717) is 60.5 Å². The Morgan fingerprint density at radius 2 is 1.65 bits per heavy atom. The fraction of sp³-hybridized carbons (Fsp3) is 0.553. The predicted octanol–water partition coefficient (Wildman–Crippen LogP) is 6.49. The molecule has 1 aliphatic carbocycles. The van der Waals surface area contributed by atoms with Crippen molar-refractivity contribution in [2.75, 3.05) is 19.6 Å². The molecule has 3 aliphatic rings. The van der Waals surface area contributed by atoms with E-state index in [1.165, 1.54) is 12.1 Å². The van der Waals surface area contributed by atoms with E-state index >= 15 is 0 Å². The second kappa shape index (κ2) is 13.2. The molecular weight excluding hydrogens is 625 g/mol. The minimum atomic E-state index is -0.652. The molecule has 0 spiro atoms. The highest BCUT2D eigenvalue weighted by Gasteiger charge is 2.54. The first-order valence-electron chi connectivity index (χ1n) is 17.6. The lowest BCUT2D eigenvalue weighted by Gasteiger charge is -2.38. The quantitative estimate of drug-likeness (QED) is 0.266. The minimum Gasteiger partial charge on any atom is -0.444 e. The third-order valence-electron chi connectivity index (χ3n) is 10.4. The van der Waals surface area contributed by atoms with Crippen molar-refractivity contribution >= 4 is 34.6 Å². The van der Waals surface area contributed by atoms with Crippen LogP contribution in [0.25, 0.3) is 16.6 Å². The zero-order valence-electron chi connectivity index (χ0n) is 29.6. The number of pyridine rings is 1. The van der Waals surface area contributed by atoms with Crippen LogP contribution in [0.1, 0.15) is 94.9 Å². The minimum absolute atomic E-state index is 0.0432. The number of rotatable bonds is 7. The van der Waals surface area contributed by atoms with Crippen LogP contribution in [0.4, 0.5) is 9.18 Å². The second-order valence-electron chi connectivity index (χ2n) is 15.4. The smallest absolute Gasteiger partial charge is 0.410 e. The van der Waals surface area contributed by atoms with Crippen LogP contribution in [-0.4, -0.2) is 91.3 Å². The van der Waals surface area contributed by atoms with Gasteiger partial charge in [0.05, 0.1) is 23.0 Å². The summed E-state index contributed by atoms with van der Waals surface area (Å²) in [7, 11) is 0. The van der Waals surface area contributed by atoms with Gasteiger partial charge in [0.2, 0.25) is 5.91 Å². The normalized spacial score (nSPS) is 21.2. The van der Waals surface area contributed by atoms with Gasteiger partial charge in [-0.1, -0.05) is 0 Å². The van der Waals surface area contributed by atoms with Gasteiger partial charge in [-0.25, -0.2) is 9.18 Å². The summed E-state index contributed by atoms with van der Waals surface area (Å²) in [4.78, 5) is 64.5. The highest BCUT2D eigenvalue weighted by Crippen LogP contribution is 2.46. The molecular formula is C38H48FN5O5. The Morgan fingerprint density at radius 3 is 2.27 bits per heavy atom. The number of halogens is 1. The molecule has 0 radical (unpaired) electrons. The van der Waals surface area contributed by atoms with E-state index in [2.05, 4.69) is 4.98 Å². The lowest BCUT2D eigenvalue weighted by molar-refractivity contribution is -0.139. The van der Waals surface area contributed by atoms with Gasteiger partial charge in [0.1, 0.15) is 17.5 Å². The first kappa shape index (κ1) is 34.6. The van der Waals surface area contributed by atoms with Crippen molar-refractivity contribution in [2.45, 2.75) is 97.9 Å². The van der Waals surface area contributed by atoms with E-state index in [1.807, 2.05) is 53.4 Å². The van der Waals surface area contributed by atoms with Crippen LogP contribution in [0.3, 0.4) is 0 Å². The summed E-state index contributed by atoms with van der Waals surface area (Å²) < 4.78 is 22.1. The zero-order chi connectivity index (χ0) is 35.4. The lowest BCUT2D eigenvalue weighted by Crippen LogP contribution is -2.53. The van der Waals surface area contributed by atoms with Crippen LogP contribution in [0, 0.1) is 23.6 Å². The van der Waals surface area contributed by atoms with Crippen molar-refractivity contribution in [3.63, 3.8) is 0 Å². The largest absolute Gasteiger partial charge is 0.444 e.